The highest BCUT2D eigenvalue weighted by Crippen LogP contribution is 2.91. The summed E-state index contributed by atoms with van der Waals surface area (Å²) in [6, 6.07) is 0. The number of methoxy groups -OCH3 is 2. The van der Waals surface area contributed by atoms with E-state index in [2.05, 4.69) is 27.7 Å². The summed E-state index contributed by atoms with van der Waals surface area (Å²) in [7, 11) is 3.21. The molecule has 0 bridgehead atoms. The summed E-state index contributed by atoms with van der Waals surface area (Å²) < 4.78 is 23.9. The van der Waals surface area contributed by atoms with Gasteiger partial charge in [0, 0.05) is 37.0 Å². The number of hydrogen-bond donors (Lipinski definition) is 3. The molecule has 6 rings (SSSR count). The quantitative estimate of drug-likeness (QED) is 0.241. The van der Waals surface area contributed by atoms with Crippen LogP contribution in [0, 0.1) is 50.7 Å². The molecule has 1 saturated heterocycles. The third kappa shape index (κ3) is 4.47. The van der Waals surface area contributed by atoms with Crippen LogP contribution < -0.4 is 0 Å². The number of esters is 1. The molecular weight excluding hydrogens is 572 g/mol. The van der Waals surface area contributed by atoms with Crippen LogP contribution in [0.2, 0.25) is 0 Å². The molecule has 5 saturated carbocycles. The Morgan fingerprint density at radius 2 is 1.76 bits per heavy atom. The molecule has 5 aliphatic carbocycles. The number of carbonyl (C=O) groups is 1. The standard InChI is InChI=1S/C37H60O8/c1-21(2)16-29(40)45-28-12-13-33(5)25-11-14-36-19-37(36,35(25,7)27(39)18-26(33)32(28,3)4)15-10-23(36)22-17-24(44-31(22)42-8)30(41)34(6,20-38)43-9/h16,22-28,30-31,38-39,41H,10-15,17-20H2,1-9H3/t22-,23-,24+,25+,26-,27+,28-,30-,31+,33+,34-,35-,36+,37+/m0/s1. The molecule has 0 amide bonds. The minimum absolute atomic E-state index is 0.0636. The molecule has 0 unspecified atom stereocenters. The zero-order valence-corrected chi connectivity index (χ0v) is 29.2. The molecule has 1 heterocycles. The second-order valence-corrected chi connectivity index (χ2v) is 17.5. The van der Waals surface area contributed by atoms with Gasteiger partial charge in [-0.2, -0.15) is 0 Å². The smallest absolute Gasteiger partial charge is 0.330 e. The highest BCUT2D eigenvalue weighted by atomic mass is 16.7. The molecular formula is C37H60O8. The van der Waals surface area contributed by atoms with Crippen molar-refractivity contribution in [3.63, 3.8) is 0 Å². The molecule has 8 heteroatoms. The predicted octanol–water partition coefficient (Wildman–Crippen LogP) is 5.41. The first-order valence-electron chi connectivity index (χ1n) is 17.6. The number of fused-ring (bicyclic) bond motifs is 3. The number of ether oxygens (including phenoxy) is 4. The van der Waals surface area contributed by atoms with E-state index in [1.807, 2.05) is 13.8 Å². The summed E-state index contributed by atoms with van der Waals surface area (Å²) in [4.78, 5) is 12.7. The van der Waals surface area contributed by atoms with E-state index in [9.17, 15) is 20.1 Å². The van der Waals surface area contributed by atoms with Crippen LogP contribution in [0.25, 0.3) is 0 Å². The average molecular weight is 633 g/mol. The Kier molecular flexibility index (Phi) is 8.27. The minimum atomic E-state index is -1.10. The minimum Gasteiger partial charge on any atom is -0.459 e. The Hall–Kier alpha value is -1.03. The highest BCUT2D eigenvalue weighted by molar-refractivity contribution is 5.82. The zero-order valence-electron chi connectivity index (χ0n) is 29.2. The van der Waals surface area contributed by atoms with Gasteiger partial charge in [-0.25, -0.2) is 4.79 Å². The van der Waals surface area contributed by atoms with Gasteiger partial charge in [0.05, 0.1) is 18.8 Å². The van der Waals surface area contributed by atoms with Gasteiger partial charge in [-0.05, 0) is 113 Å². The summed E-state index contributed by atoms with van der Waals surface area (Å²) in [6.45, 7) is 14.7. The van der Waals surface area contributed by atoms with Gasteiger partial charge in [0.25, 0.3) is 0 Å². The summed E-state index contributed by atoms with van der Waals surface area (Å²) in [5.41, 5.74) is -0.260. The SMILES string of the molecule is CO[C@@H]1O[C@@H]([C@H](O)[C@](C)(CO)OC)C[C@H]1[C@@H]1CC[C@]23C[C@]12CC[C@@H]1[C@@]2(C)CC[C@H](OC(=O)C=C(C)C)C(C)(C)[C@@H]2C[C@@H](O)[C@]13C. The molecule has 0 aromatic heterocycles. The molecule has 6 aliphatic rings. The molecule has 3 N–H and O–H groups in total. The third-order valence-electron chi connectivity index (χ3n) is 15.4. The molecule has 14 atom stereocenters. The second-order valence-electron chi connectivity index (χ2n) is 17.5. The number of allylic oxidation sites excluding steroid dienone is 1. The van der Waals surface area contributed by atoms with Gasteiger partial charge in [-0.1, -0.05) is 33.3 Å². The number of carbonyl (C=O) groups excluding carboxylic acids is 1. The van der Waals surface area contributed by atoms with Crippen molar-refractivity contribution >= 4 is 5.97 Å². The van der Waals surface area contributed by atoms with Gasteiger partial charge >= 0.3 is 5.97 Å². The molecule has 0 aromatic rings. The van der Waals surface area contributed by atoms with E-state index >= 15 is 0 Å². The van der Waals surface area contributed by atoms with Gasteiger partial charge in [0.1, 0.15) is 17.8 Å². The van der Waals surface area contributed by atoms with Crippen molar-refractivity contribution in [2.75, 3.05) is 20.8 Å². The fraction of sp³-hybridized carbons (Fsp3) is 0.919. The topological polar surface area (TPSA) is 115 Å². The van der Waals surface area contributed by atoms with Gasteiger partial charge < -0.3 is 34.3 Å². The maximum Gasteiger partial charge on any atom is 0.330 e. The Morgan fingerprint density at radius 3 is 2.38 bits per heavy atom. The summed E-state index contributed by atoms with van der Waals surface area (Å²) >= 11 is 0. The van der Waals surface area contributed by atoms with Crippen LogP contribution in [-0.2, 0) is 23.7 Å². The molecule has 0 spiro atoms. The Labute approximate surface area is 270 Å². The Balaban J connectivity index is 1.25. The maximum absolute atomic E-state index is 12.7. The van der Waals surface area contributed by atoms with Gasteiger partial charge in [-0.15, -0.1) is 0 Å². The summed E-state index contributed by atoms with van der Waals surface area (Å²) in [5, 5.41) is 33.6. The monoisotopic (exact) mass is 632 g/mol. The van der Waals surface area contributed by atoms with Crippen molar-refractivity contribution < 1.29 is 39.1 Å². The van der Waals surface area contributed by atoms with Crippen LogP contribution in [0.15, 0.2) is 11.6 Å². The number of aliphatic hydroxyl groups is 3. The predicted molar refractivity (Wildman–Crippen MR) is 170 cm³/mol. The number of hydrogen-bond acceptors (Lipinski definition) is 8. The van der Waals surface area contributed by atoms with E-state index in [0.29, 0.717) is 18.3 Å². The average Bonchev–Trinajstić information content (AvgIpc) is 3.31. The van der Waals surface area contributed by atoms with E-state index < -0.39 is 30.2 Å². The zero-order chi connectivity index (χ0) is 33.0. The van der Waals surface area contributed by atoms with Crippen LogP contribution >= 0.6 is 0 Å². The molecule has 8 nitrogen and oxygen atoms in total. The molecule has 1 aliphatic heterocycles. The maximum atomic E-state index is 12.7. The van der Waals surface area contributed by atoms with Gasteiger partial charge in [0.15, 0.2) is 6.29 Å². The van der Waals surface area contributed by atoms with Gasteiger partial charge in [0.2, 0.25) is 0 Å². The van der Waals surface area contributed by atoms with E-state index in [4.69, 9.17) is 18.9 Å². The van der Waals surface area contributed by atoms with E-state index in [0.717, 1.165) is 56.9 Å². The Morgan fingerprint density at radius 1 is 1.04 bits per heavy atom. The summed E-state index contributed by atoms with van der Waals surface area (Å²) in [6.07, 6.45) is 8.05. The molecule has 6 fully saturated rings. The van der Waals surface area contributed by atoms with Crippen LogP contribution in [0.4, 0.5) is 0 Å². The van der Waals surface area contributed by atoms with E-state index in [-0.39, 0.29) is 57.6 Å². The van der Waals surface area contributed by atoms with E-state index in [1.165, 1.54) is 7.11 Å². The lowest BCUT2D eigenvalue weighted by Gasteiger charge is -2.68. The van der Waals surface area contributed by atoms with Crippen LogP contribution in [0.1, 0.15) is 106 Å². The van der Waals surface area contributed by atoms with Crippen molar-refractivity contribution in [2.24, 2.45) is 50.7 Å². The van der Waals surface area contributed by atoms with Crippen molar-refractivity contribution in [2.45, 2.75) is 143 Å². The number of aliphatic hydroxyl groups excluding tert-OH is 3. The van der Waals surface area contributed by atoms with Crippen LogP contribution in [-0.4, -0.2) is 78.4 Å². The molecule has 0 radical (unpaired) electrons. The normalized spacial score (nSPS) is 49.9. The lowest BCUT2D eigenvalue weighted by Crippen LogP contribution is -2.66. The van der Waals surface area contributed by atoms with Crippen molar-refractivity contribution in [1.29, 1.82) is 0 Å². The first kappa shape index (κ1) is 33.9. The van der Waals surface area contributed by atoms with Crippen LogP contribution in [0.5, 0.6) is 0 Å². The fourth-order valence-corrected chi connectivity index (χ4v) is 13.0. The second kappa shape index (κ2) is 11.0. The van der Waals surface area contributed by atoms with Crippen molar-refractivity contribution in [3.05, 3.63) is 11.6 Å². The first-order valence-corrected chi connectivity index (χ1v) is 17.6. The lowest BCUT2D eigenvalue weighted by molar-refractivity contribution is -0.245. The van der Waals surface area contributed by atoms with Crippen LogP contribution in [0.3, 0.4) is 0 Å². The lowest BCUT2D eigenvalue weighted by atomic mass is 9.37. The largest absolute Gasteiger partial charge is 0.459 e. The third-order valence-corrected chi connectivity index (χ3v) is 15.4. The van der Waals surface area contributed by atoms with Gasteiger partial charge in [-0.3, -0.25) is 0 Å². The molecule has 45 heavy (non-hydrogen) atoms. The van der Waals surface area contributed by atoms with Crippen molar-refractivity contribution in [1.82, 2.24) is 0 Å². The molecule has 256 valence electrons. The summed E-state index contributed by atoms with van der Waals surface area (Å²) in [5.74, 6) is 0.965. The fourth-order valence-electron chi connectivity index (χ4n) is 13.0. The first-order chi connectivity index (χ1) is 21.0. The van der Waals surface area contributed by atoms with E-state index in [1.54, 1.807) is 20.1 Å². The molecule has 0 aromatic carbocycles. The number of rotatable bonds is 8. The highest BCUT2D eigenvalue weighted by Gasteiger charge is 2.86. The Bertz CT molecular complexity index is 1190. The van der Waals surface area contributed by atoms with Crippen molar-refractivity contribution in [3.8, 4) is 0 Å².